The number of hydrogen-bond donors (Lipinski definition) is 1. The molecule has 0 spiro atoms. The lowest BCUT2D eigenvalue weighted by Crippen LogP contribution is -2.13. The molecule has 2 nitrogen and oxygen atoms in total. The van der Waals surface area contributed by atoms with Crippen molar-refractivity contribution < 1.29 is 0 Å². The summed E-state index contributed by atoms with van der Waals surface area (Å²) in [5.74, 6) is 0.775. The van der Waals surface area contributed by atoms with Gasteiger partial charge in [0.1, 0.15) is 0 Å². The molecule has 0 radical (unpaired) electrons. The highest BCUT2D eigenvalue weighted by Gasteiger charge is 2.23. The molecular formula is C14H16N2. The maximum Gasteiger partial charge on any atom is 0.0705 e. The summed E-state index contributed by atoms with van der Waals surface area (Å²) in [7, 11) is 0. The van der Waals surface area contributed by atoms with Crippen LogP contribution in [-0.2, 0) is 0 Å². The van der Waals surface area contributed by atoms with E-state index < -0.39 is 0 Å². The van der Waals surface area contributed by atoms with Crippen LogP contribution in [0.5, 0.6) is 0 Å². The summed E-state index contributed by atoms with van der Waals surface area (Å²) in [6.07, 6.45) is 3.15. The van der Waals surface area contributed by atoms with Crippen LogP contribution in [0.1, 0.15) is 24.9 Å². The third-order valence-corrected chi connectivity index (χ3v) is 3.41. The van der Waals surface area contributed by atoms with E-state index in [9.17, 15) is 0 Å². The van der Waals surface area contributed by atoms with Gasteiger partial charge in [0.2, 0.25) is 0 Å². The third kappa shape index (κ3) is 1.59. The molecule has 0 aliphatic carbocycles. The molecule has 3 rings (SSSR count). The van der Waals surface area contributed by atoms with Gasteiger partial charge in [0.25, 0.3) is 0 Å². The summed E-state index contributed by atoms with van der Waals surface area (Å²) >= 11 is 0. The number of hydrogen-bond acceptors (Lipinski definition) is 2. The van der Waals surface area contributed by atoms with Gasteiger partial charge >= 0.3 is 0 Å². The molecule has 2 atom stereocenters. The molecule has 16 heavy (non-hydrogen) atoms. The SMILES string of the molecule is C[C@@H]1CN[C@@H](c2ccnc3ccccc23)C1. The van der Waals surface area contributed by atoms with Crippen LogP contribution in [0, 0.1) is 5.92 Å². The molecule has 0 amide bonds. The molecule has 1 N–H and O–H groups in total. The Bertz CT molecular complexity index is 502. The highest BCUT2D eigenvalue weighted by molar-refractivity contribution is 5.82. The number of nitrogens with one attached hydrogen (secondary N) is 1. The van der Waals surface area contributed by atoms with Crippen LogP contribution >= 0.6 is 0 Å². The monoisotopic (exact) mass is 212 g/mol. The predicted molar refractivity (Wildman–Crippen MR) is 66.3 cm³/mol. The lowest BCUT2D eigenvalue weighted by molar-refractivity contribution is 0.614. The minimum Gasteiger partial charge on any atom is -0.310 e. The molecule has 1 aromatic carbocycles. The van der Waals surface area contributed by atoms with Gasteiger partial charge < -0.3 is 5.32 Å². The summed E-state index contributed by atoms with van der Waals surface area (Å²) in [6, 6.07) is 11.0. The van der Waals surface area contributed by atoms with Crippen LogP contribution in [0.2, 0.25) is 0 Å². The van der Waals surface area contributed by atoms with Crippen molar-refractivity contribution in [2.45, 2.75) is 19.4 Å². The summed E-state index contributed by atoms with van der Waals surface area (Å²) in [6.45, 7) is 3.43. The maximum absolute atomic E-state index is 4.40. The minimum absolute atomic E-state index is 0.503. The van der Waals surface area contributed by atoms with E-state index in [1.54, 1.807) is 0 Å². The quantitative estimate of drug-likeness (QED) is 0.786. The third-order valence-electron chi connectivity index (χ3n) is 3.41. The predicted octanol–water partition coefficient (Wildman–Crippen LogP) is 2.91. The van der Waals surface area contributed by atoms with Crippen molar-refractivity contribution in [2.75, 3.05) is 6.54 Å². The fourth-order valence-electron chi connectivity index (χ4n) is 2.57. The first-order valence-electron chi connectivity index (χ1n) is 5.91. The largest absolute Gasteiger partial charge is 0.310 e. The van der Waals surface area contributed by atoms with Gasteiger partial charge in [0, 0.05) is 17.6 Å². The highest BCUT2D eigenvalue weighted by Crippen LogP contribution is 2.30. The Hall–Kier alpha value is -1.41. The molecule has 1 aliphatic rings. The number of aromatic nitrogens is 1. The summed E-state index contributed by atoms with van der Waals surface area (Å²) in [5, 5.41) is 4.88. The average molecular weight is 212 g/mol. The smallest absolute Gasteiger partial charge is 0.0705 e. The second-order valence-electron chi connectivity index (χ2n) is 4.72. The van der Waals surface area contributed by atoms with E-state index in [4.69, 9.17) is 0 Å². The van der Waals surface area contributed by atoms with Gasteiger partial charge in [0.05, 0.1) is 5.52 Å². The second-order valence-corrected chi connectivity index (χ2v) is 4.72. The van der Waals surface area contributed by atoms with Crippen LogP contribution in [0.15, 0.2) is 36.5 Å². The van der Waals surface area contributed by atoms with E-state index in [0.29, 0.717) is 6.04 Å². The fourth-order valence-corrected chi connectivity index (χ4v) is 2.57. The Morgan fingerprint density at radius 3 is 2.94 bits per heavy atom. The first-order chi connectivity index (χ1) is 7.84. The Morgan fingerprint density at radius 1 is 1.25 bits per heavy atom. The molecule has 2 heterocycles. The van der Waals surface area contributed by atoms with Gasteiger partial charge in [0.15, 0.2) is 0 Å². The topological polar surface area (TPSA) is 24.9 Å². The molecule has 2 aromatic rings. The van der Waals surface area contributed by atoms with Crippen molar-refractivity contribution in [1.29, 1.82) is 0 Å². The molecular weight excluding hydrogens is 196 g/mol. The molecule has 1 fully saturated rings. The standard InChI is InChI=1S/C14H16N2/c1-10-8-14(16-9-10)12-6-7-15-13-5-3-2-4-11(12)13/h2-7,10,14,16H,8-9H2,1H3/t10-,14+/m0/s1. The van der Waals surface area contributed by atoms with E-state index in [2.05, 4.69) is 41.5 Å². The van der Waals surface area contributed by atoms with E-state index in [0.717, 1.165) is 18.0 Å². The Labute approximate surface area is 95.7 Å². The van der Waals surface area contributed by atoms with Crippen LogP contribution < -0.4 is 5.32 Å². The Kier molecular flexibility index (Phi) is 2.37. The number of fused-ring (bicyclic) bond motifs is 1. The normalized spacial score (nSPS) is 25.1. The van der Waals surface area contributed by atoms with E-state index in [1.807, 2.05) is 12.3 Å². The average Bonchev–Trinajstić information content (AvgIpc) is 2.75. The molecule has 2 heteroatoms. The zero-order valence-electron chi connectivity index (χ0n) is 9.48. The van der Waals surface area contributed by atoms with Crippen LogP contribution in [-0.4, -0.2) is 11.5 Å². The second kappa shape index (κ2) is 3.87. The molecule has 1 saturated heterocycles. The first kappa shape index (κ1) is 9.79. The first-order valence-corrected chi connectivity index (χ1v) is 5.91. The van der Waals surface area contributed by atoms with E-state index in [1.165, 1.54) is 17.4 Å². The zero-order chi connectivity index (χ0) is 11.0. The van der Waals surface area contributed by atoms with Crippen LogP contribution in [0.25, 0.3) is 10.9 Å². The van der Waals surface area contributed by atoms with Crippen molar-refractivity contribution >= 4 is 10.9 Å². The van der Waals surface area contributed by atoms with Crippen molar-refractivity contribution in [1.82, 2.24) is 10.3 Å². The zero-order valence-corrected chi connectivity index (χ0v) is 9.48. The number of nitrogens with zero attached hydrogens (tertiary/aromatic N) is 1. The fraction of sp³-hybridized carbons (Fsp3) is 0.357. The van der Waals surface area contributed by atoms with E-state index in [-0.39, 0.29) is 0 Å². The number of para-hydroxylation sites is 1. The Morgan fingerprint density at radius 2 is 2.12 bits per heavy atom. The molecule has 1 aromatic heterocycles. The molecule has 1 aliphatic heterocycles. The minimum atomic E-state index is 0.503. The van der Waals surface area contributed by atoms with Crippen molar-refractivity contribution in [2.24, 2.45) is 5.92 Å². The maximum atomic E-state index is 4.40. The summed E-state index contributed by atoms with van der Waals surface area (Å²) in [4.78, 5) is 4.40. The summed E-state index contributed by atoms with van der Waals surface area (Å²) < 4.78 is 0. The van der Waals surface area contributed by atoms with Gasteiger partial charge in [-0.15, -0.1) is 0 Å². The number of pyridine rings is 1. The lowest BCUT2D eigenvalue weighted by atomic mass is 9.98. The van der Waals surface area contributed by atoms with Gasteiger partial charge in [-0.25, -0.2) is 0 Å². The Balaban J connectivity index is 2.09. The van der Waals surface area contributed by atoms with Crippen molar-refractivity contribution in [3.63, 3.8) is 0 Å². The molecule has 0 bridgehead atoms. The molecule has 0 unspecified atom stereocenters. The van der Waals surface area contributed by atoms with Crippen molar-refractivity contribution in [3.8, 4) is 0 Å². The highest BCUT2D eigenvalue weighted by atomic mass is 14.9. The van der Waals surface area contributed by atoms with Gasteiger partial charge in [-0.2, -0.15) is 0 Å². The number of benzene rings is 1. The van der Waals surface area contributed by atoms with Gasteiger partial charge in [-0.05, 0) is 36.6 Å². The van der Waals surface area contributed by atoms with Crippen LogP contribution in [0.3, 0.4) is 0 Å². The van der Waals surface area contributed by atoms with Gasteiger partial charge in [-0.1, -0.05) is 25.1 Å². The van der Waals surface area contributed by atoms with Gasteiger partial charge in [-0.3, -0.25) is 4.98 Å². The number of rotatable bonds is 1. The van der Waals surface area contributed by atoms with E-state index >= 15 is 0 Å². The molecule has 82 valence electrons. The van der Waals surface area contributed by atoms with Crippen LogP contribution in [0.4, 0.5) is 0 Å². The lowest BCUT2D eigenvalue weighted by Gasteiger charge is -2.13. The van der Waals surface area contributed by atoms with Crippen molar-refractivity contribution in [3.05, 3.63) is 42.1 Å². The molecule has 0 saturated carbocycles. The summed E-state index contributed by atoms with van der Waals surface area (Å²) in [5.41, 5.74) is 2.50.